The number of esters is 1. The van der Waals surface area contributed by atoms with Gasteiger partial charge >= 0.3 is 5.97 Å². The quantitative estimate of drug-likeness (QED) is 0.420. The maximum Gasteiger partial charge on any atom is 0.311 e. The summed E-state index contributed by atoms with van der Waals surface area (Å²) in [6, 6.07) is 0. The molecule has 2 saturated carbocycles. The van der Waals surface area contributed by atoms with Crippen molar-refractivity contribution in [3.8, 4) is 0 Å². The molecule has 5 rings (SSSR count). The molecule has 4 nitrogen and oxygen atoms in total. The molecule has 3 fully saturated rings. The summed E-state index contributed by atoms with van der Waals surface area (Å²) in [7, 11) is 1.53. The Bertz CT molecular complexity index is 611. The van der Waals surface area contributed by atoms with Crippen molar-refractivity contribution in [3.05, 3.63) is 11.6 Å². The molecule has 2 bridgehead atoms. The Morgan fingerprint density at radius 3 is 2.68 bits per heavy atom. The Morgan fingerprint density at radius 2 is 2.00 bits per heavy atom. The molecule has 140 valence electrons. The number of methoxy groups -OCH3 is 1. The van der Waals surface area contributed by atoms with Gasteiger partial charge in [0, 0.05) is 5.92 Å². The van der Waals surface area contributed by atoms with Crippen LogP contribution in [0.15, 0.2) is 11.6 Å². The van der Waals surface area contributed by atoms with Crippen LogP contribution in [0, 0.1) is 28.6 Å². The first-order chi connectivity index (χ1) is 11.8. The largest absolute Gasteiger partial charge is 0.469 e. The second-order valence-electron chi connectivity index (χ2n) is 9.57. The highest BCUT2D eigenvalue weighted by Gasteiger charge is 2.66. The summed E-state index contributed by atoms with van der Waals surface area (Å²) in [5, 5.41) is 0. The van der Waals surface area contributed by atoms with Crippen LogP contribution in [0.5, 0.6) is 0 Å². The minimum atomic E-state index is -0.370. The lowest BCUT2D eigenvalue weighted by Crippen LogP contribution is -2.65. The van der Waals surface area contributed by atoms with E-state index in [0.29, 0.717) is 17.8 Å². The number of fused-ring (bicyclic) bond motifs is 2. The van der Waals surface area contributed by atoms with Gasteiger partial charge in [-0.3, -0.25) is 4.79 Å². The average molecular weight is 348 g/mol. The molecule has 6 unspecified atom stereocenters. The predicted octanol–water partition coefficient (Wildman–Crippen LogP) is 4.44. The summed E-state index contributed by atoms with van der Waals surface area (Å²) in [4.78, 5) is 24.5. The Labute approximate surface area is 151 Å². The van der Waals surface area contributed by atoms with Crippen LogP contribution in [0.3, 0.4) is 0 Å². The number of rotatable bonds is 2. The molecule has 2 aliphatic heterocycles. The SMILES string of the molecule is COC(=O)C1(C)CCCC2(C)C3CC4OOC3(C=C4C(C)C)CCC12. The Balaban J connectivity index is 1.74. The molecule has 5 aliphatic rings. The second-order valence-corrected chi connectivity index (χ2v) is 9.57. The van der Waals surface area contributed by atoms with Gasteiger partial charge in [-0.2, -0.15) is 0 Å². The van der Waals surface area contributed by atoms with Gasteiger partial charge in [0.15, 0.2) is 0 Å². The van der Waals surface area contributed by atoms with E-state index >= 15 is 0 Å². The molecule has 2 heterocycles. The van der Waals surface area contributed by atoms with Crippen molar-refractivity contribution in [2.24, 2.45) is 28.6 Å². The van der Waals surface area contributed by atoms with Gasteiger partial charge in [-0.1, -0.05) is 27.2 Å². The van der Waals surface area contributed by atoms with Crippen LogP contribution in [0.4, 0.5) is 0 Å². The molecule has 0 aromatic rings. The molecule has 25 heavy (non-hydrogen) atoms. The lowest BCUT2D eigenvalue weighted by Gasteiger charge is -2.64. The zero-order valence-corrected chi connectivity index (χ0v) is 16.3. The molecule has 3 aliphatic carbocycles. The topological polar surface area (TPSA) is 44.8 Å². The van der Waals surface area contributed by atoms with Crippen LogP contribution < -0.4 is 0 Å². The molecule has 1 spiro atoms. The van der Waals surface area contributed by atoms with Crippen LogP contribution >= 0.6 is 0 Å². The van der Waals surface area contributed by atoms with E-state index in [-0.39, 0.29) is 28.5 Å². The van der Waals surface area contributed by atoms with Crippen LogP contribution in [0.1, 0.15) is 66.2 Å². The summed E-state index contributed by atoms with van der Waals surface area (Å²) in [5.41, 5.74) is 0.830. The summed E-state index contributed by atoms with van der Waals surface area (Å²) in [6.07, 6.45) is 8.61. The second kappa shape index (κ2) is 5.56. The molecule has 4 heteroatoms. The first-order valence-corrected chi connectivity index (χ1v) is 9.92. The first kappa shape index (κ1) is 17.5. The van der Waals surface area contributed by atoms with E-state index in [2.05, 4.69) is 33.8 Å². The van der Waals surface area contributed by atoms with Crippen molar-refractivity contribution >= 4 is 5.97 Å². The highest BCUT2D eigenvalue weighted by Crippen LogP contribution is 2.67. The van der Waals surface area contributed by atoms with E-state index < -0.39 is 0 Å². The van der Waals surface area contributed by atoms with E-state index in [4.69, 9.17) is 14.5 Å². The molecule has 0 radical (unpaired) electrons. The minimum Gasteiger partial charge on any atom is -0.469 e. The summed E-state index contributed by atoms with van der Waals surface area (Å²) < 4.78 is 5.22. The van der Waals surface area contributed by atoms with Crippen LogP contribution in [-0.2, 0) is 19.3 Å². The van der Waals surface area contributed by atoms with Crippen molar-refractivity contribution in [2.75, 3.05) is 7.11 Å². The van der Waals surface area contributed by atoms with E-state index in [0.717, 1.165) is 38.5 Å². The first-order valence-electron chi connectivity index (χ1n) is 9.92. The van der Waals surface area contributed by atoms with Gasteiger partial charge < -0.3 is 4.74 Å². The fourth-order valence-electron chi connectivity index (χ4n) is 6.83. The van der Waals surface area contributed by atoms with Crippen LogP contribution in [0.2, 0.25) is 0 Å². The van der Waals surface area contributed by atoms with E-state index in [9.17, 15) is 4.79 Å². The number of hydrogen-bond donors (Lipinski definition) is 0. The Morgan fingerprint density at radius 1 is 1.24 bits per heavy atom. The van der Waals surface area contributed by atoms with E-state index in [1.807, 2.05) is 0 Å². The zero-order valence-electron chi connectivity index (χ0n) is 16.3. The highest BCUT2D eigenvalue weighted by molar-refractivity contribution is 5.77. The predicted molar refractivity (Wildman–Crippen MR) is 94.5 cm³/mol. The van der Waals surface area contributed by atoms with Crippen LogP contribution in [-0.4, -0.2) is 24.8 Å². The fourth-order valence-corrected chi connectivity index (χ4v) is 6.83. The Hall–Kier alpha value is -0.870. The number of carbonyl (C=O) groups excluding carboxylic acids is 1. The van der Waals surface area contributed by atoms with Gasteiger partial charge in [0.25, 0.3) is 0 Å². The lowest BCUT2D eigenvalue weighted by atomic mass is 9.43. The number of carbonyl (C=O) groups is 1. The maximum atomic E-state index is 12.7. The van der Waals surface area contributed by atoms with Gasteiger partial charge in [-0.15, -0.1) is 0 Å². The normalized spacial score (nSPS) is 48.6. The monoisotopic (exact) mass is 348 g/mol. The molecule has 0 amide bonds. The molecule has 0 N–H and O–H groups in total. The summed E-state index contributed by atoms with van der Waals surface area (Å²) >= 11 is 0. The third-order valence-corrected chi connectivity index (χ3v) is 8.06. The Kier molecular flexibility index (Phi) is 3.90. The molecular formula is C21H32O4. The molecule has 1 saturated heterocycles. The van der Waals surface area contributed by atoms with Crippen molar-refractivity contribution in [1.29, 1.82) is 0 Å². The minimum absolute atomic E-state index is 0.0316. The van der Waals surface area contributed by atoms with Gasteiger partial charge in [0.05, 0.1) is 12.5 Å². The average Bonchev–Trinajstić information content (AvgIpc) is 2.60. The smallest absolute Gasteiger partial charge is 0.311 e. The summed E-state index contributed by atoms with van der Waals surface area (Å²) in [5.74, 6) is 1.24. The highest BCUT2D eigenvalue weighted by atomic mass is 17.2. The molecule has 6 atom stereocenters. The van der Waals surface area contributed by atoms with Gasteiger partial charge in [0.2, 0.25) is 0 Å². The third-order valence-electron chi connectivity index (χ3n) is 8.06. The van der Waals surface area contributed by atoms with E-state index in [1.165, 1.54) is 12.7 Å². The molecule has 0 aromatic heterocycles. The maximum absolute atomic E-state index is 12.7. The fraction of sp³-hybridized carbons (Fsp3) is 0.857. The van der Waals surface area contributed by atoms with Crippen LogP contribution in [0.25, 0.3) is 0 Å². The van der Waals surface area contributed by atoms with E-state index in [1.54, 1.807) is 0 Å². The van der Waals surface area contributed by atoms with Gasteiger partial charge in [-0.25, -0.2) is 9.78 Å². The lowest BCUT2D eigenvalue weighted by molar-refractivity contribution is -0.434. The standard InChI is InChI=1S/C21H32O4/c1-13(2)14-12-21-10-7-16-19(3,17(21)11-15(14)24-25-21)8-6-9-20(16,4)18(22)23-5/h12-13,15-17H,6-11H2,1-5H3. The number of hydrogen-bond acceptors (Lipinski definition) is 4. The molecular weight excluding hydrogens is 316 g/mol. The summed E-state index contributed by atoms with van der Waals surface area (Å²) in [6.45, 7) is 9.01. The van der Waals surface area contributed by atoms with Gasteiger partial charge in [-0.05, 0) is 67.9 Å². The zero-order chi connectivity index (χ0) is 18.0. The van der Waals surface area contributed by atoms with Crippen molar-refractivity contribution in [2.45, 2.75) is 77.9 Å². The van der Waals surface area contributed by atoms with Crippen molar-refractivity contribution in [3.63, 3.8) is 0 Å². The van der Waals surface area contributed by atoms with Crippen molar-refractivity contribution < 1.29 is 19.3 Å². The van der Waals surface area contributed by atoms with Gasteiger partial charge in [0.1, 0.15) is 11.7 Å². The van der Waals surface area contributed by atoms with Crippen molar-refractivity contribution in [1.82, 2.24) is 0 Å². The molecule has 0 aromatic carbocycles. The number of ether oxygens (including phenoxy) is 1. The third kappa shape index (κ3) is 2.22.